The van der Waals surface area contributed by atoms with Crippen LogP contribution in [0, 0.1) is 5.92 Å². The maximum atomic E-state index is 12.6. The molecule has 0 aliphatic rings. The Morgan fingerprint density at radius 1 is 1.07 bits per heavy atom. The molecule has 0 bridgehead atoms. The number of amides is 2. The minimum Gasteiger partial charge on any atom is -0.495 e. The Morgan fingerprint density at radius 3 is 2.31 bits per heavy atom. The van der Waals surface area contributed by atoms with Crippen LogP contribution in [-0.4, -0.2) is 25.5 Å². The molecular weight excluding hydrogens is 366 g/mol. The van der Waals surface area contributed by atoms with Crippen molar-refractivity contribution in [3.63, 3.8) is 0 Å². The molecule has 2 amide bonds. The van der Waals surface area contributed by atoms with Gasteiger partial charge in [0, 0.05) is 24.1 Å². The molecule has 2 aromatic carbocycles. The summed E-state index contributed by atoms with van der Waals surface area (Å²) in [5.74, 6) is 0.629. The Kier molecular flexibility index (Phi) is 8.21. The van der Waals surface area contributed by atoms with E-state index in [0.717, 1.165) is 6.42 Å². The van der Waals surface area contributed by atoms with Crippen LogP contribution in [0.2, 0.25) is 0 Å². The van der Waals surface area contributed by atoms with Gasteiger partial charge in [-0.3, -0.25) is 9.59 Å². The molecule has 6 heteroatoms. The lowest BCUT2D eigenvalue weighted by atomic mass is 9.95. The molecule has 156 valence electrons. The van der Waals surface area contributed by atoms with Crippen molar-refractivity contribution in [3.05, 3.63) is 53.6 Å². The zero-order chi connectivity index (χ0) is 21.4. The van der Waals surface area contributed by atoms with Crippen molar-refractivity contribution in [1.29, 1.82) is 0 Å². The molecule has 0 radical (unpaired) electrons. The van der Waals surface area contributed by atoms with E-state index >= 15 is 0 Å². The van der Waals surface area contributed by atoms with Gasteiger partial charge in [0.25, 0.3) is 5.91 Å². The Labute approximate surface area is 173 Å². The molecule has 1 atom stereocenters. The fourth-order valence-electron chi connectivity index (χ4n) is 3.29. The van der Waals surface area contributed by atoms with Gasteiger partial charge in [-0.05, 0) is 30.2 Å². The van der Waals surface area contributed by atoms with E-state index in [1.165, 1.54) is 18.1 Å². The molecule has 0 spiro atoms. The number of nitrogens with one attached hydrogen (secondary N) is 2. The van der Waals surface area contributed by atoms with Crippen LogP contribution in [0.4, 0.5) is 11.4 Å². The Morgan fingerprint density at radius 2 is 1.76 bits per heavy atom. The molecule has 0 unspecified atom stereocenters. The Balaban J connectivity index is 2.05. The van der Waals surface area contributed by atoms with Crippen molar-refractivity contribution in [1.82, 2.24) is 0 Å². The largest absolute Gasteiger partial charge is 0.495 e. The molecule has 4 N–H and O–H groups in total. The number of anilines is 2. The number of aryl methyl sites for hydroxylation is 1. The quantitative estimate of drug-likeness (QED) is 0.607. The predicted molar refractivity (Wildman–Crippen MR) is 116 cm³/mol. The number of hydrogen-bond donors (Lipinski definition) is 3. The Hall–Kier alpha value is -2.86. The highest BCUT2D eigenvalue weighted by Crippen LogP contribution is 2.27. The van der Waals surface area contributed by atoms with Crippen molar-refractivity contribution in [2.45, 2.75) is 40.2 Å². The number of methoxy groups -OCH3 is 1. The van der Waals surface area contributed by atoms with E-state index in [-0.39, 0.29) is 24.4 Å². The summed E-state index contributed by atoms with van der Waals surface area (Å²) >= 11 is 0. The lowest BCUT2D eigenvalue weighted by molar-refractivity contribution is -0.692. The standard InChI is InChI=1S/C23H31N3O3/c1-6-17-7-9-18(10-8-17)23(15(2)3)24-14-22(28)26-20-13-19(25-16(4)27)11-12-21(20)29-5/h7-13,15,23-24H,6,14H2,1-5H3,(H,25,27)(H,26,28)/p+1/t23-/m1/s1. The molecule has 0 aliphatic carbocycles. The van der Waals surface area contributed by atoms with Crippen LogP contribution in [0.25, 0.3) is 0 Å². The fraction of sp³-hybridized carbons (Fsp3) is 0.391. The summed E-state index contributed by atoms with van der Waals surface area (Å²) in [5, 5.41) is 7.67. The van der Waals surface area contributed by atoms with Gasteiger partial charge in [-0.15, -0.1) is 0 Å². The summed E-state index contributed by atoms with van der Waals surface area (Å²) in [6.07, 6.45) is 1.01. The van der Waals surface area contributed by atoms with Crippen LogP contribution in [0.3, 0.4) is 0 Å². The van der Waals surface area contributed by atoms with Crippen molar-refractivity contribution in [3.8, 4) is 5.75 Å². The lowest BCUT2D eigenvalue weighted by Gasteiger charge is -2.20. The van der Waals surface area contributed by atoms with Gasteiger partial charge in [0.1, 0.15) is 11.8 Å². The first-order valence-electron chi connectivity index (χ1n) is 10.0. The number of ether oxygens (including phenoxy) is 1. The van der Waals surface area contributed by atoms with Crippen molar-refractivity contribution in [2.75, 3.05) is 24.3 Å². The minimum atomic E-state index is -0.172. The third-order valence-electron chi connectivity index (χ3n) is 4.84. The van der Waals surface area contributed by atoms with Gasteiger partial charge in [0.15, 0.2) is 6.54 Å². The average Bonchev–Trinajstić information content (AvgIpc) is 2.68. The van der Waals surface area contributed by atoms with E-state index in [9.17, 15) is 9.59 Å². The summed E-state index contributed by atoms with van der Waals surface area (Å²) < 4.78 is 5.32. The summed E-state index contributed by atoms with van der Waals surface area (Å²) in [5.41, 5.74) is 3.66. The molecule has 29 heavy (non-hydrogen) atoms. The van der Waals surface area contributed by atoms with Gasteiger partial charge in [-0.1, -0.05) is 45.0 Å². The number of quaternary nitrogens is 1. The van der Waals surface area contributed by atoms with Crippen LogP contribution in [0.15, 0.2) is 42.5 Å². The smallest absolute Gasteiger partial charge is 0.279 e. The molecule has 2 rings (SSSR count). The summed E-state index contributed by atoms with van der Waals surface area (Å²) in [6, 6.07) is 13.9. The fourth-order valence-corrected chi connectivity index (χ4v) is 3.29. The van der Waals surface area contributed by atoms with Crippen LogP contribution in [0.1, 0.15) is 44.9 Å². The molecule has 0 heterocycles. The molecule has 6 nitrogen and oxygen atoms in total. The highest BCUT2D eigenvalue weighted by atomic mass is 16.5. The molecule has 0 fully saturated rings. The van der Waals surface area contributed by atoms with E-state index in [2.05, 4.69) is 61.0 Å². The maximum absolute atomic E-state index is 12.6. The van der Waals surface area contributed by atoms with E-state index < -0.39 is 0 Å². The van der Waals surface area contributed by atoms with Gasteiger partial charge in [-0.2, -0.15) is 0 Å². The van der Waals surface area contributed by atoms with Crippen molar-refractivity contribution < 1.29 is 19.6 Å². The van der Waals surface area contributed by atoms with Crippen LogP contribution in [-0.2, 0) is 16.0 Å². The highest BCUT2D eigenvalue weighted by Gasteiger charge is 2.21. The monoisotopic (exact) mass is 398 g/mol. The highest BCUT2D eigenvalue weighted by molar-refractivity contribution is 5.95. The first-order valence-corrected chi connectivity index (χ1v) is 10.0. The topological polar surface area (TPSA) is 84.0 Å². The van der Waals surface area contributed by atoms with Gasteiger partial charge in [0.2, 0.25) is 5.91 Å². The number of carbonyl (C=O) groups excluding carboxylic acids is 2. The number of carbonyl (C=O) groups is 2. The average molecular weight is 399 g/mol. The van der Waals surface area contributed by atoms with E-state index in [1.807, 2.05) is 0 Å². The van der Waals surface area contributed by atoms with Gasteiger partial charge in [-0.25, -0.2) is 0 Å². The SMILES string of the molecule is CCc1ccc([C@H]([NH2+]CC(=O)Nc2cc(NC(C)=O)ccc2OC)C(C)C)cc1. The number of nitrogens with two attached hydrogens (primary N) is 1. The second-order valence-corrected chi connectivity index (χ2v) is 7.45. The van der Waals surface area contributed by atoms with Crippen molar-refractivity contribution >= 4 is 23.2 Å². The number of benzene rings is 2. The van der Waals surface area contributed by atoms with Crippen LogP contribution < -0.4 is 20.7 Å². The zero-order valence-electron chi connectivity index (χ0n) is 17.9. The third-order valence-corrected chi connectivity index (χ3v) is 4.84. The normalized spacial score (nSPS) is 11.8. The zero-order valence-corrected chi connectivity index (χ0v) is 17.9. The first kappa shape index (κ1) is 22.4. The maximum Gasteiger partial charge on any atom is 0.279 e. The van der Waals surface area contributed by atoms with E-state index in [1.54, 1.807) is 25.3 Å². The summed E-state index contributed by atoms with van der Waals surface area (Å²) in [7, 11) is 1.55. The second kappa shape index (κ2) is 10.6. The van der Waals surface area contributed by atoms with E-state index in [0.29, 0.717) is 23.0 Å². The molecular formula is C23H32N3O3+. The van der Waals surface area contributed by atoms with Crippen LogP contribution >= 0.6 is 0 Å². The number of hydrogen-bond acceptors (Lipinski definition) is 3. The second-order valence-electron chi connectivity index (χ2n) is 7.45. The molecule has 0 aliphatic heterocycles. The third kappa shape index (κ3) is 6.61. The minimum absolute atomic E-state index is 0.126. The first-order chi connectivity index (χ1) is 13.8. The summed E-state index contributed by atoms with van der Waals surface area (Å²) in [6.45, 7) is 8.18. The lowest BCUT2D eigenvalue weighted by Crippen LogP contribution is -2.88. The number of rotatable bonds is 9. The van der Waals surface area contributed by atoms with Gasteiger partial charge in [0.05, 0.1) is 12.8 Å². The van der Waals surface area contributed by atoms with E-state index in [4.69, 9.17) is 4.74 Å². The molecule has 2 aromatic rings. The predicted octanol–water partition coefficient (Wildman–Crippen LogP) is 3.12. The van der Waals surface area contributed by atoms with Crippen molar-refractivity contribution in [2.24, 2.45) is 5.92 Å². The van der Waals surface area contributed by atoms with Crippen LogP contribution in [0.5, 0.6) is 5.75 Å². The molecule has 0 saturated carbocycles. The Bertz CT molecular complexity index is 832. The molecule has 0 aromatic heterocycles. The van der Waals surface area contributed by atoms with Gasteiger partial charge >= 0.3 is 0 Å². The van der Waals surface area contributed by atoms with Gasteiger partial charge < -0.3 is 20.7 Å². The molecule has 0 saturated heterocycles. The summed E-state index contributed by atoms with van der Waals surface area (Å²) in [4.78, 5) is 23.9.